The van der Waals surface area contributed by atoms with Crippen molar-refractivity contribution < 1.29 is 9.59 Å². The fraction of sp³-hybridized carbons (Fsp3) is 0.294. The fourth-order valence-corrected chi connectivity index (χ4v) is 3.56. The van der Waals surface area contributed by atoms with Crippen molar-refractivity contribution in [2.75, 3.05) is 14.1 Å². The number of halogens is 1. The van der Waals surface area contributed by atoms with Gasteiger partial charge in [-0.05, 0) is 24.6 Å². The molecule has 10 heteroatoms. The Morgan fingerprint density at radius 3 is 2.56 bits per heavy atom. The molecule has 1 atom stereocenters. The Hall–Kier alpha value is -2.52. The number of fused-ring (bicyclic) bond motifs is 1. The van der Waals surface area contributed by atoms with Crippen molar-refractivity contribution in [1.82, 2.24) is 29.9 Å². The minimum absolute atomic E-state index is 0.251. The van der Waals surface area contributed by atoms with Gasteiger partial charge in [-0.1, -0.05) is 40.7 Å². The maximum Gasteiger partial charge on any atom is 0.243 e. The topological polar surface area (TPSA) is 93.9 Å². The van der Waals surface area contributed by atoms with Crippen LogP contribution in [0, 0.1) is 0 Å². The highest BCUT2D eigenvalue weighted by Crippen LogP contribution is 2.28. The summed E-state index contributed by atoms with van der Waals surface area (Å²) in [7, 11) is 3.22. The lowest BCUT2D eigenvalue weighted by atomic mass is 10.2. The third-order valence-corrected chi connectivity index (χ3v) is 5.32. The molecule has 1 unspecified atom stereocenters. The van der Waals surface area contributed by atoms with E-state index in [0.29, 0.717) is 27.8 Å². The summed E-state index contributed by atoms with van der Waals surface area (Å²) in [6.07, 6.45) is 1.38. The second-order valence-electron chi connectivity index (χ2n) is 6.07. The molecule has 3 rings (SSSR count). The molecule has 0 spiro atoms. The van der Waals surface area contributed by atoms with E-state index in [1.807, 2.05) is 12.1 Å². The monoisotopic (exact) mass is 404 g/mol. The third kappa shape index (κ3) is 4.25. The molecule has 8 nitrogen and oxygen atoms in total. The molecule has 140 valence electrons. The second-order valence-corrected chi connectivity index (χ2v) is 7.60. The molecule has 0 saturated carbocycles. The van der Waals surface area contributed by atoms with Crippen LogP contribution < -0.4 is 0 Å². The SMILES string of the molecule is CC(=O)C(Sc1ncnc2c1nnn2Cc1ccc(Cl)cc1)C(=O)N(C)C. The summed E-state index contributed by atoms with van der Waals surface area (Å²) in [4.78, 5) is 34.1. The number of ketones is 1. The smallest absolute Gasteiger partial charge is 0.243 e. The molecular weight excluding hydrogens is 388 g/mol. The van der Waals surface area contributed by atoms with E-state index in [1.54, 1.807) is 30.9 Å². The zero-order valence-electron chi connectivity index (χ0n) is 15.0. The Bertz CT molecular complexity index is 989. The zero-order chi connectivity index (χ0) is 19.6. The molecule has 2 aromatic heterocycles. The number of thioether (sulfide) groups is 1. The van der Waals surface area contributed by atoms with Crippen LogP contribution in [-0.4, -0.2) is 60.9 Å². The Balaban J connectivity index is 1.92. The third-order valence-electron chi connectivity index (χ3n) is 3.78. The van der Waals surface area contributed by atoms with Gasteiger partial charge in [-0.3, -0.25) is 9.59 Å². The molecular formula is C17H17ClN6O2S. The van der Waals surface area contributed by atoms with Crippen LogP contribution in [0.4, 0.5) is 0 Å². The van der Waals surface area contributed by atoms with Gasteiger partial charge in [0, 0.05) is 19.1 Å². The van der Waals surface area contributed by atoms with Crippen molar-refractivity contribution in [2.24, 2.45) is 0 Å². The van der Waals surface area contributed by atoms with Crippen LogP contribution in [0.15, 0.2) is 35.6 Å². The lowest BCUT2D eigenvalue weighted by Gasteiger charge is -2.17. The largest absolute Gasteiger partial charge is 0.347 e. The Morgan fingerprint density at radius 2 is 1.93 bits per heavy atom. The predicted octanol–water partition coefficient (Wildman–Crippen LogP) is 2.06. The Morgan fingerprint density at radius 1 is 1.22 bits per heavy atom. The highest BCUT2D eigenvalue weighted by Gasteiger charge is 2.28. The van der Waals surface area contributed by atoms with E-state index in [-0.39, 0.29) is 11.7 Å². The highest BCUT2D eigenvalue weighted by molar-refractivity contribution is 8.01. The van der Waals surface area contributed by atoms with Gasteiger partial charge in [-0.2, -0.15) is 0 Å². The first-order valence-corrected chi connectivity index (χ1v) is 9.29. The van der Waals surface area contributed by atoms with Crippen LogP contribution in [0.2, 0.25) is 5.02 Å². The first-order valence-electron chi connectivity index (χ1n) is 8.03. The number of amides is 1. The number of aromatic nitrogens is 5. The van der Waals surface area contributed by atoms with E-state index >= 15 is 0 Å². The number of nitrogens with zero attached hydrogens (tertiary/aromatic N) is 6. The number of Topliss-reactive ketones (excluding diaryl/α,β-unsaturated/α-hetero) is 1. The summed E-state index contributed by atoms with van der Waals surface area (Å²) in [6, 6.07) is 7.40. The average Bonchev–Trinajstić information content (AvgIpc) is 3.04. The Kier molecular flexibility index (Phi) is 5.71. The van der Waals surface area contributed by atoms with Gasteiger partial charge >= 0.3 is 0 Å². The van der Waals surface area contributed by atoms with Crippen LogP contribution in [0.1, 0.15) is 12.5 Å². The van der Waals surface area contributed by atoms with E-state index in [2.05, 4.69) is 20.3 Å². The predicted molar refractivity (Wildman–Crippen MR) is 103 cm³/mol. The van der Waals surface area contributed by atoms with Crippen LogP contribution >= 0.6 is 23.4 Å². The summed E-state index contributed by atoms with van der Waals surface area (Å²) in [5, 5.41) is 8.51. The second kappa shape index (κ2) is 8.01. The molecule has 0 aliphatic heterocycles. The minimum atomic E-state index is -0.889. The summed E-state index contributed by atoms with van der Waals surface area (Å²) in [5.41, 5.74) is 1.97. The van der Waals surface area contributed by atoms with E-state index in [9.17, 15) is 9.59 Å². The van der Waals surface area contributed by atoms with Crippen LogP contribution in [-0.2, 0) is 16.1 Å². The van der Waals surface area contributed by atoms with Gasteiger partial charge in [0.15, 0.2) is 16.9 Å². The van der Waals surface area contributed by atoms with Gasteiger partial charge in [0.1, 0.15) is 16.6 Å². The average molecular weight is 405 g/mol. The number of carbonyl (C=O) groups excluding carboxylic acids is 2. The van der Waals surface area contributed by atoms with Gasteiger partial charge in [-0.25, -0.2) is 14.6 Å². The maximum absolute atomic E-state index is 12.3. The van der Waals surface area contributed by atoms with Gasteiger partial charge in [0.2, 0.25) is 5.91 Å². The molecule has 1 aromatic carbocycles. The fourth-order valence-electron chi connectivity index (χ4n) is 2.38. The van der Waals surface area contributed by atoms with E-state index in [0.717, 1.165) is 17.3 Å². The lowest BCUT2D eigenvalue weighted by molar-refractivity contribution is -0.132. The van der Waals surface area contributed by atoms with Crippen LogP contribution in [0.3, 0.4) is 0 Å². The normalized spacial score (nSPS) is 12.1. The van der Waals surface area contributed by atoms with Crippen molar-refractivity contribution in [3.05, 3.63) is 41.2 Å². The quantitative estimate of drug-likeness (QED) is 0.352. The standard InChI is InChI=1S/C17H17ClN6O2S/c1-10(25)14(17(26)23(2)3)27-16-13-15(19-9-20-16)24(22-21-13)8-11-4-6-12(18)7-5-11/h4-7,9,14H,8H2,1-3H3. The van der Waals surface area contributed by atoms with E-state index < -0.39 is 5.25 Å². The first kappa shape index (κ1) is 19.2. The molecule has 27 heavy (non-hydrogen) atoms. The number of hydrogen-bond acceptors (Lipinski definition) is 7. The van der Waals surface area contributed by atoms with Gasteiger partial charge < -0.3 is 4.90 Å². The molecule has 0 radical (unpaired) electrons. The number of benzene rings is 1. The molecule has 2 heterocycles. The molecule has 0 aliphatic rings. The number of rotatable bonds is 6. The number of carbonyl (C=O) groups is 2. The molecule has 0 fully saturated rings. The molecule has 0 aliphatic carbocycles. The first-order chi connectivity index (χ1) is 12.9. The maximum atomic E-state index is 12.3. The van der Waals surface area contributed by atoms with Gasteiger partial charge in [0.25, 0.3) is 0 Å². The molecule has 0 N–H and O–H groups in total. The van der Waals surface area contributed by atoms with Crippen molar-refractivity contribution >= 4 is 46.2 Å². The zero-order valence-corrected chi connectivity index (χ0v) is 16.5. The van der Waals surface area contributed by atoms with Crippen LogP contribution in [0.25, 0.3) is 11.2 Å². The summed E-state index contributed by atoms with van der Waals surface area (Å²) in [5.74, 6) is -0.549. The number of hydrogen-bond donors (Lipinski definition) is 0. The van der Waals surface area contributed by atoms with Crippen molar-refractivity contribution in [2.45, 2.75) is 23.7 Å². The molecule has 0 bridgehead atoms. The van der Waals surface area contributed by atoms with E-state index in [4.69, 9.17) is 11.6 Å². The molecule has 0 saturated heterocycles. The summed E-state index contributed by atoms with van der Waals surface area (Å²) < 4.78 is 1.64. The summed E-state index contributed by atoms with van der Waals surface area (Å²) in [6.45, 7) is 1.84. The molecule has 1 amide bonds. The van der Waals surface area contributed by atoms with Gasteiger partial charge in [0.05, 0.1) is 6.54 Å². The van der Waals surface area contributed by atoms with E-state index in [1.165, 1.54) is 18.2 Å². The highest BCUT2D eigenvalue weighted by atomic mass is 35.5. The lowest BCUT2D eigenvalue weighted by Crippen LogP contribution is -2.36. The van der Waals surface area contributed by atoms with Crippen molar-refractivity contribution in [3.63, 3.8) is 0 Å². The summed E-state index contributed by atoms with van der Waals surface area (Å²) >= 11 is 6.97. The molecule has 3 aromatic rings. The van der Waals surface area contributed by atoms with Crippen molar-refractivity contribution in [1.29, 1.82) is 0 Å². The Labute approximate surface area is 164 Å². The van der Waals surface area contributed by atoms with Crippen LogP contribution in [0.5, 0.6) is 0 Å². The minimum Gasteiger partial charge on any atom is -0.347 e. The van der Waals surface area contributed by atoms with Crippen molar-refractivity contribution in [3.8, 4) is 0 Å². The van der Waals surface area contributed by atoms with Gasteiger partial charge in [-0.15, -0.1) is 5.10 Å².